The predicted octanol–water partition coefficient (Wildman–Crippen LogP) is 4.67. The SMILES string of the molecule is O=P(c1ccccc1)(c1ccccc1)c1c(F)ccc(-c2ccccn2)c1F. The molecule has 0 saturated heterocycles. The maximum atomic E-state index is 15.6. The molecule has 0 radical (unpaired) electrons. The minimum atomic E-state index is -3.78. The second-order valence-electron chi connectivity index (χ2n) is 6.25. The molecule has 3 aromatic carbocycles. The summed E-state index contributed by atoms with van der Waals surface area (Å²) in [6.45, 7) is 0. The van der Waals surface area contributed by atoms with E-state index in [1.165, 1.54) is 12.3 Å². The number of pyridine rings is 1. The van der Waals surface area contributed by atoms with Gasteiger partial charge < -0.3 is 4.57 Å². The molecular formula is C23H16F2NOP. The molecule has 4 aromatic rings. The van der Waals surface area contributed by atoms with Crippen molar-refractivity contribution in [3.05, 3.63) is 109 Å². The third-order valence-corrected chi connectivity index (χ3v) is 7.65. The summed E-state index contributed by atoms with van der Waals surface area (Å²) >= 11 is 0. The summed E-state index contributed by atoms with van der Waals surface area (Å²) in [5.74, 6) is -1.69. The second kappa shape index (κ2) is 7.49. The molecule has 0 fully saturated rings. The van der Waals surface area contributed by atoms with Gasteiger partial charge in [-0.2, -0.15) is 0 Å². The van der Waals surface area contributed by atoms with Gasteiger partial charge >= 0.3 is 0 Å². The van der Waals surface area contributed by atoms with Crippen LogP contribution in [0.2, 0.25) is 0 Å². The van der Waals surface area contributed by atoms with Crippen molar-refractivity contribution in [2.45, 2.75) is 0 Å². The molecule has 1 aromatic heterocycles. The molecule has 0 aliphatic heterocycles. The normalized spacial score (nSPS) is 11.4. The lowest BCUT2D eigenvalue weighted by atomic mass is 10.1. The van der Waals surface area contributed by atoms with Crippen LogP contribution in [0.4, 0.5) is 8.78 Å². The van der Waals surface area contributed by atoms with Gasteiger partial charge in [-0.25, -0.2) is 8.78 Å². The molecule has 0 aliphatic carbocycles. The first kappa shape index (κ1) is 18.3. The van der Waals surface area contributed by atoms with Crippen LogP contribution in [0.15, 0.2) is 97.2 Å². The smallest absolute Gasteiger partial charge is 0.176 e. The largest absolute Gasteiger partial charge is 0.308 e. The minimum absolute atomic E-state index is 0.115. The maximum Gasteiger partial charge on any atom is 0.176 e. The Labute approximate surface area is 161 Å². The van der Waals surface area contributed by atoms with Gasteiger partial charge in [0, 0.05) is 22.4 Å². The molecule has 5 heteroatoms. The number of aromatic nitrogens is 1. The number of halogens is 2. The van der Waals surface area contributed by atoms with Crippen LogP contribution in [0.5, 0.6) is 0 Å². The molecule has 0 bridgehead atoms. The summed E-state index contributed by atoms with van der Waals surface area (Å²) in [6, 6.07) is 24.5. The van der Waals surface area contributed by atoms with Crippen molar-refractivity contribution >= 4 is 23.1 Å². The number of benzene rings is 3. The van der Waals surface area contributed by atoms with Crippen molar-refractivity contribution in [2.24, 2.45) is 0 Å². The van der Waals surface area contributed by atoms with Gasteiger partial charge in [0.15, 0.2) is 7.14 Å². The average molecular weight is 391 g/mol. The van der Waals surface area contributed by atoms with Crippen LogP contribution in [0.25, 0.3) is 11.3 Å². The van der Waals surface area contributed by atoms with E-state index < -0.39 is 24.1 Å². The summed E-state index contributed by atoms with van der Waals surface area (Å²) in [5, 5.41) is 0.322. The molecule has 0 aliphatic rings. The van der Waals surface area contributed by atoms with Gasteiger partial charge in [0.2, 0.25) is 0 Å². The Bertz CT molecular complexity index is 1110. The number of nitrogens with zero attached hydrogens (tertiary/aromatic N) is 1. The molecule has 2 nitrogen and oxygen atoms in total. The van der Waals surface area contributed by atoms with Crippen molar-refractivity contribution in [1.29, 1.82) is 0 Å². The summed E-state index contributed by atoms with van der Waals surface area (Å²) in [7, 11) is -3.78. The fourth-order valence-corrected chi connectivity index (χ4v) is 6.00. The van der Waals surface area contributed by atoms with E-state index in [1.807, 2.05) is 0 Å². The maximum absolute atomic E-state index is 15.6. The zero-order valence-electron chi connectivity index (χ0n) is 14.8. The third kappa shape index (κ3) is 3.06. The zero-order chi connectivity index (χ0) is 19.6. The molecule has 0 amide bonds. The van der Waals surface area contributed by atoms with E-state index in [4.69, 9.17) is 0 Å². The van der Waals surface area contributed by atoms with Gasteiger partial charge in [0.05, 0.1) is 11.0 Å². The van der Waals surface area contributed by atoms with E-state index >= 15 is 4.39 Å². The Morgan fingerprint density at radius 1 is 0.679 bits per heavy atom. The summed E-state index contributed by atoms with van der Waals surface area (Å²) < 4.78 is 45.0. The highest BCUT2D eigenvalue weighted by Crippen LogP contribution is 2.45. The Morgan fingerprint density at radius 3 is 1.79 bits per heavy atom. The van der Waals surface area contributed by atoms with Gasteiger partial charge in [-0.3, -0.25) is 4.98 Å². The van der Waals surface area contributed by atoms with Crippen LogP contribution in [-0.4, -0.2) is 4.98 Å². The molecule has 0 unspecified atom stereocenters. The van der Waals surface area contributed by atoms with E-state index in [0.717, 1.165) is 6.07 Å². The summed E-state index contributed by atoms with van der Waals surface area (Å²) in [6.07, 6.45) is 1.53. The van der Waals surface area contributed by atoms with Gasteiger partial charge in [-0.1, -0.05) is 66.7 Å². The second-order valence-corrected chi connectivity index (χ2v) is 8.95. The van der Waals surface area contributed by atoms with Crippen LogP contribution in [0, 0.1) is 11.6 Å². The Balaban J connectivity index is 2.05. The van der Waals surface area contributed by atoms with Gasteiger partial charge in [0.1, 0.15) is 11.6 Å². The van der Waals surface area contributed by atoms with Gasteiger partial charge in [0.25, 0.3) is 0 Å². The Morgan fingerprint density at radius 2 is 1.25 bits per heavy atom. The highest BCUT2D eigenvalue weighted by Gasteiger charge is 2.36. The number of hydrogen-bond donors (Lipinski definition) is 0. The predicted molar refractivity (Wildman–Crippen MR) is 109 cm³/mol. The third-order valence-electron chi connectivity index (χ3n) is 4.56. The number of hydrogen-bond acceptors (Lipinski definition) is 2. The number of rotatable bonds is 4. The Hall–Kier alpha value is -3.10. The van der Waals surface area contributed by atoms with Crippen molar-refractivity contribution in [3.8, 4) is 11.3 Å². The lowest BCUT2D eigenvalue weighted by molar-refractivity contribution is 0.578. The monoisotopic (exact) mass is 391 g/mol. The van der Waals surface area contributed by atoms with Gasteiger partial charge in [-0.05, 0) is 24.3 Å². The van der Waals surface area contributed by atoms with Crippen LogP contribution in [0.1, 0.15) is 0 Å². The molecule has 4 rings (SSSR count). The Kier molecular flexibility index (Phi) is 4.89. The summed E-state index contributed by atoms with van der Waals surface area (Å²) in [4.78, 5) is 4.16. The first-order valence-electron chi connectivity index (χ1n) is 8.73. The molecule has 1 heterocycles. The highest BCUT2D eigenvalue weighted by molar-refractivity contribution is 7.85. The van der Waals surface area contributed by atoms with Crippen molar-refractivity contribution in [2.75, 3.05) is 0 Å². The van der Waals surface area contributed by atoms with Gasteiger partial charge in [-0.15, -0.1) is 0 Å². The molecule has 138 valence electrons. The van der Waals surface area contributed by atoms with Crippen molar-refractivity contribution in [1.82, 2.24) is 4.98 Å². The van der Waals surface area contributed by atoms with Crippen LogP contribution in [0.3, 0.4) is 0 Å². The molecule has 0 atom stereocenters. The van der Waals surface area contributed by atoms with Crippen molar-refractivity contribution < 1.29 is 13.3 Å². The topological polar surface area (TPSA) is 30.0 Å². The molecule has 0 saturated carbocycles. The molecule has 0 spiro atoms. The molecule has 28 heavy (non-hydrogen) atoms. The first-order valence-corrected chi connectivity index (χ1v) is 10.4. The average Bonchev–Trinajstić information content (AvgIpc) is 2.75. The summed E-state index contributed by atoms with van der Waals surface area (Å²) in [5.41, 5.74) is 0.470. The molecular weight excluding hydrogens is 375 g/mol. The minimum Gasteiger partial charge on any atom is -0.308 e. The van der Waals surface area contributed by atoms with Crippen LogP contribution >= 0.6 is 7.14 Å². The lowest BCUT2D eigenvalue weighted by Crippen LogP contribution is -2.29. The standard InChI is InChI=1S/C23H16F2NOP/c24-20-15-14-19(21-13-7-8-16-26-21)22(25)23(20)28(27,17-9-3-1-4-10-17)18-11-5-2-6-12-18/h1-16H. The van der Waals surface area contributed by atoms with E-state index in [0.29, 0.717) is 16.3 Å². The lowest BCUT2D eigenvalue weighted by Gasteiger charge is -2.22. The fraction of sp³-hybridized carbons (Fsp3) is 0. The van der Waals surface area contributed by atoms with E-state index in [9.17, 15) is 8.96 Å². The van der Waals surface area contributed by atoms with Crippen LogP contribution in [-0.2, 0) is 4.57 Å². The van der Waals surface area contributed by atoms with Crippen molar-refractivity contribution in [3.63, 3.8) is 0 Å². The quantitative estimate of drug-likeness (QED) is 0.474. The van der Waals surface area contributed by atoms with Crippen LogP contribution < -0.4 is 15.9 Å². The van der Waals surface area contributed by atoms with E-state index in [1.54, 1.807) is 78.9 Å². The first-order chi connectivity index (χ1) is 13.6. The highest BCUT2D eigenvalue weighted by atomic mass is 31.2. The molecule has 0 N–H and O–H groups in total. The fourth-order valence-electron chi connectivity index (χ4n) is 3.23. The zero-order valence-corrected chi connectivity index (χ0v) is 15.7. The van der Waals surface area contributed by atoms with E-state index in [-0.39, 0.29) is 5.56 Å². The van der Waals surface area contributed by atoms with E-state index in [2.05, 4.69) is 4.98 Å².